The molecule has 0 saturated carbocycles. The van der Waals surface area contributed by atoms with Crippen LogP contribution < -0.4 is 5.84 Å². The molecule has 1 unspecified atom stereocenters. The van der Waals surface area contributed by atoms with Gasteiger partial charge in [-0.05, 0) is 5.56 Å². The van der Waals surface area contributed by atoms with E-state index >= 15 is 0 Å². The molecule has 5 nitrogen and oxygen atoms in total. The molecule has 0 aliphatic carbocycles. The zero-order valence-electron chi connectivity index (χ0n) is 8.25. The largest absolute Gasteiger partial charge is 0.479 e. The Hall–Kier alpha value is -1.88. The van der Waals surface area contributed by atoms with E-state index in [1.165, 1.54) is 6.92 Å². The second-order valence-electron chi connectivity index (χ2n) is 3.08. The lowest BCUT2D eigenvalue weighted by molar-refractivity contribution is -0.150. The van der Waals surface area contributed by atoms with Gasteiger partial charge in [0.25, 0.3) is 0 Å². The number of carbonyl (C=O) groups excluding carboxylic acids is 1. The number of amides is 1. The minimum Gasteiger partial charge on any atom is -0.479 e. The Balaban J connectivity index is 3.04. The van der Waals surface area contributed by atoms with Crippen molar-refractivity contribution in [1.82, 2.24) is 5.01 Å². The number of rotatable bonds is 3. The number of carboxylic acids is 1. The highest BCUT2D eigenvalue weighted by Crippen LogP contribution is 2.17. The number of hydrazine groups is 1. The van der Waals surface area contributed by atoms with E-state index in [1.807, 2.05) is 0 Å². The van der Waals surface area contributed by atoms with Crippen LogP contribution in [0.25, 0.3) is 0 Å². The van der Waals surface area contributed by atoms with Crippen LogP contribution in [0.15, 0.2) is 30.3 Å². The molecule has 1 aromatic rings. The predicted octanol–water partition coefficient (Wildman–Crippen LogP) is 0.534. The van der Waals surface area contributed by atoms with Crippen LogP contribution in [0, 0.1) is 0 Å². The summed E-state index contributed by atoms with van der Waals surface area (Å²) in [4.78, 5) is 22.0. The summed E-state index contributed by atoms with van der Waals surface area (Å²) in [6, 6.07) is 7.24. The standard InChI is InChI=1S/C10H12N2O3/c1-7(13)12(11)9(10(14)15)8-5-3-2-4-6-8/h2-6,9H,11H2,1H3,(H,14,15). The van der Waals surface area contributed by atoms with Crippen molar-refractivity contribution in [1.29, 1.82) is 0 Å². The minimum atomic E-state index is -1.15. The van der Waals surface area contributed by atoms with Gasteiger partial charge in [0.1, 0.15) is 0 Å². The van der Waals surface area contributed by atoms with Gasteiger partial charge >= 0.3 is 5.97 Å². The molecular formula is C10H12N2O3. The van der Waals surface area contributed by atoms with Crippen LogP contribution in [0.5, 0.6) is 0 Å². The molecule has 80 valence electrons. The van der Waals surface area contributed by atoms with E-state index in [0.29, 0.717) is 10.6 Å². The number of carboxylic acid groups (broad SMARTS) is 1. The first-order valence-electron chi connectivity index (χ1n) is 4.36. The molecule has 0 aromatic heterocycles. The van der Waals surface area contributed by atoms with Gasteiger partial charge in [0.05, 0.1) is 0 Å². The molecule has 0 fully saturated rings. The third-order valence-corrected chi connectivity index (χ3v) is 1.99. The molecule has 0 saturated heterocycles. The van der Waals surface area contributed by atoms with Crippen LogP contribution in [0.2, 0.25) is 0 Å². The van der Waals surface area contributed by atoms with Gasteiger partial charge in [-0.2, -0.15) is 0 Å². The Bertz CT molecular complexity index is 364. The highest BCUT2D eigenvalue weighted by molar-refractivity contribution is 5.82. The minimum absolute atomic E-state index is 0.475. The molecule has 1 aromatic carbocycles. The van der Waals surface area contributed by atoms with Crippen molar-refractivity contribution in [3.05, 3.63) is 35.9 Å². The van der Waals surface area contributed by atoms with Gasteiger partial charge in [-0.25, -0.2) is 10.6 Å². The Labute approximate surface area is 87.1 Å². The van der Waals surface area contributed by atoms with Crippen molar-refractivity contribution in [3.8, 4) is 0 Å². The quantitative estimate of drug-likeness (QED) is 0.431. The van der Waals surface area contributed by atoms with Gasteiger partial charge in [0.15, 0.2) is 6.04 Å². The van der Waals surface area contributed by atoms with Gasteiger partial charge in [0, 0.05) is 6.92 Å². The molecule has 1 atom stereocenters. The number of hydrogen-bond acceptors (Lipinski definition) is 3. The average Bonchev–Trinajstić information content (AvgIpc) is 2.18. The van der Waals surface area contributed by atoms with Gasteiger partial charge in [-0.15, -0.1) is 0 Å². The molecule has 0 aliphatic heterocycles. The molecule has 0 heterocycles. The van der Waals surface area contributed by atoms with E-state index in [4.69, 9.17) is 10.9 Å². The molecule has 0 bridgehead atoms. The van der Waals surface area contributed by atoms with Gasteiger partial charge in [-0.1, -0.05) is 30.3 Å². The molecule has 1 amide bonds. The Morgan fingerprint density at radius 2 is 1.87 bits per heavy atom. The van der Waals surface area contributed by atoms with Crippen molar-refractivity contribution >= 4 is 11.9 Å². The van der Waals surface area contributed by atoms with E-state index in [9.17, 15) is 9.59 Å². The van der Waals surface area contributed by atoms with Crippen molar-refractivity contribution < 1.29 is 14.7 Å². The van der Waals surface area contributed by atoms with E-state index in [0.717, 1.165) is 0 Å². The topological polar surface area (TPSA) is 83.6 Å². The van der Waals surface area contributed by atoms with E-state index in [-0.39, 0.29) is 0 Å². The molecule has 0 spiro atoms. The normalized spacial score (nSPS) is 11.9. The zero-order chi connectivity index (χ0) is 11.4. The molecular weight excluding hydrogens is 196 g/mol. The maximum absolute atomic E-state index is 11.0. The van der Waals surface area contributed by atoms with E-state index < -0.39 is 17.9 Å². The summed E-state index contributed by atoms with van der Waals surface area (Å²) in [7, 11) is 0. The lowest BCUT2D eigenvalue weighted by Crippen LogP contribution is -2.42. The lowest BCUT2D eigenvalue weighted by Gasteiger charge is -2.22. The fourth-order valence-electron chi connectivity index (χ4n) is 1.24. The third-order valence-electron chi connectivity index (χ3n) is 1.99. The number of hydrogen-bond donors (Lipinski definition) is 2. The van der Waals surface area contributed by atoms with Crippen molar-refractivity contribution in [3.63, 3.8) is 0 Å². The predicted molar refractivity (Wildman–Crippen MR) is 53.5 cm³/mol. The second-order valence-corrected chi connectivity index (χ2v) is 3.08. The average molecular weight is 208 g/mol. The number of nitrogens with two attached hydrogens (primary N) is 1. The highest BCUT2D eigenvalue weighted by atomic mass is 16.4. The smallest absolute Gasteiger partial charge is 0.332 e. The summed E-state index contributed by atoms with van der Waals surface area (Å²) in [5.74, 6) is 3.75. The van der Waals surface area contributed by atoms with Gasteiger partial charge < -0.3 is 5.11 Å². The van der Waals surface area contributed by atoms with Crippen LogP contribution in [0.3, 0.4) is 0 Å². The summed E-state index contributed by atoms with van der Waals surface area (Å²) < 4.78 is 0. The van der Waals surface area contributed by atoms with Crippen LogP contribution in [-0.2, 0) is 9.59 Å². The van der Waals surface area contributed by atoms with Crippen LogP contribution in [0.1, 0.15) is 18.5 Å². The number of aliphatic carboxylic acids is 1. The molecule has 5 heteroatoms. The van der Waals surface area contributed by atoms with Gasteiger partial charge in [0.2, 0.25) is 5.91 Å². The van der Waals surface area contributed by atoms with Crippen LogP contribution in [-0.4, -0.2) is 22.0 Å². The zero-order valence-corrected chi connectivity index (χ0v) is 8.25. The van der Waals surface area contributed by atoms with Crippen molar-refractivity contribution in [2.45, 2.75) is 13.0 Å². The maximum atomic E-state index is 11.0. The number of carbonyl (C=O) groups is 2. The van der Waals surface area contributed by atoms with E-state index in [2.05, 4.69) is 0 Å². The molecule has 1 rings (SSSR count). The molecule has 0 aliphatic rings. The molecule has 0 radical (unpaired) electrons. The molecule has 3 N–H and O–H groups in total. The summed E-state index contributed by atoms with van der Waals surface area (Å²) in [5.41, 5.74) is 0.475. The fraction of sp³-hybridized carbons (Fsp3) is 0.200. The monoisotopic (exact) mass is 208 g/mol. The molecule has 15 heavy (non-hydrogen) atoms. The SMILES string of the molecule is CC(=O)N(N)C(C(=O)O)c1ccccc1. The second kappa shape index (κ2) is 4.56. The van der Waals surface area contributed by atoms with Crippen molar-refractivity contribution in [2.75, 3.05) is 0 Å². The maximum Gasteiger partial charge on any atom is 0.332 e. The van der Waals surface area contributed by atoms with Gasteiger partial charge in [-0.3, -0.25) is 9.80 Å². The van der Waals surface area contributed by atoms with Crippen molar-refractivity contribution in [2.24, 2.45) is 5.84 Å². The first-order chi connectivity index (χ1) is 7.04. The Morgan fingerprint density at radius 3 is 2.27 bits per heavy atom. The summed E-state index contributed by atoms with van der Waals surface area (Å²) in [6.45, 7) is 1.22. The van der Waals surface area contributed by atoms with Crippen LogP contribution >= 0.6 is 0 Å². The Morgan fingerprint density at radius 1 is 1.33 bits per heavy atom. The van der Waals surface area contributed by atoms with Crippen LogP contribution in [0.4, 0.5) is 0 Å². The summed E-state index contributed by atoms with van der Waals surface area (Å²) in [6.07, 6.45) is 0. The number of nitrogens with zero attached hydrogens (tertiary/aromatic N) is 1. The highest BCUT2D eigenvalue weighted by Gasteiger charge is 2.26. The third kappa shape index (κ3) is 2.54. The number of benzene rings is 1. The summed E-state index contributed by atoms with van der Waals surface area (Å²) in [5, 5.41) is 9.68. The summed E-state index contributed by atoms with van der Waals surface area (Å²) >= 11 is 0. The lowest BCUT2D eigenvalue weighted by atomic mass is 10.1. The van der Waals surface area contributed by atoms with E-state index in [1.54, 1.807) is 30.3 Å². The Kier molecular flexibility index (Phi) is 3.41. The fourth-order valence-corrected chi connectivity index (χ4v) is 1.24. The first-order valence-corrected chi connectivity index (χ1v) is 4.36. The first kappa shape index (κ1) is 11.2.